The minimum atomic E-state index is 0.0331. The van der Waals surface area contributed by atoms with Crippen molar-refractivity contribution in [1.82, 2.24) is 0 Å². The Hall–Kier alpha value is -2.29. The van der Waals surface area contributed by atoms with Crippen molar-refractivity contribution in [3.8, 4) is 0 Å². The van der Waals surface area contributed by atoms with Crippen LogP contribution in [-0.4, -0.2) is 12.5 Å². The minimum absolute atomic E-state index is 0.0331. The van der Waals surface area contributed by atoms with E-state index >= 15 is 0 Å². The molecule has 1 amide bonds. The van der Waals surface area contributed by atoms with Gasteiger partial charge in [-0.2, -0.15) is 0 Å². The van der Waals surface area contributed by atoms with Gasteiger partial charge in [-0.05, 0) is 36.6 Å². The zero-order valence-corrected chi connectivity index (χ0v) is 12.6. The lowest BCUT2D eigenvalue weighted by molar-refractivity contribution is -0.115. The summed E-state index contributed by atoms with van der Waals surface area (Å²) in [7, 11) is 0. The normalized spacial score (nSPS) is 10.2. The van der Waals surface area contributed by atoms with Crippen molar-refractivity contribution in [2.24, 2.45) is 0 Å². The molecule has 2 aromatic rings. The molecule has 2 rings (SSSR count). The van der Waals surface area contributed by atoms with Crippen molar-refractivity contribution in [3.05, 3.63) is 59.7 Å². The van der Waals surface area contributed by atoms with E-state index in [0.29, 0.717) is 13.0 Å². The van der Waals surface area contributed by atoms with Crippen molar-refractivity contribution >= 4 is 17.3 Å². The second-order valence-electron chi connectivity index (χ2n) is 5.05. The fraction of sp³-hybridized carbons (Fsp3) is 0.278. The van der Waals surface area contributed by atoms with Gasteiger partial charge in [0, 0.05) is 24.3 Å². The van der Waals surface area contributed by atoms with Crippen LogP contribution in [0, 0.1) is 6.92 Å². The zero-order chi connectivity index (χ0) is 15.1. The van der Waals surface area contributed by atoms with Gasteiger partial charge in [-0.15, -0.1) is 0 Å². The van der Waals surface area contributed by atoms with Crippen LogP contribution in [0.5, 0.6) is 0 Å². The molecule has 0 saturated heterocycles. The fourth-order valence-electron chi connectivity index (χ4n) is 2.24. The molecule has 21 heavy (non-hydrogen) atoms. The third-order valence-corrected chi connectivity index (χ3v) is 3.48. The Bertz CT molecular complexity index is 608. The van der Waals surface area contributed by atoms with E-state index in [2.05, 4.69) is 29.7 Å². The SMILES string of the molecule is CCc1ccccc1NCCC(=O)Nc1ccccc1C. The van der Waals surface area contributed by atoms with Crippen molar-refractivity contribution in [2.45, 2.75) is 26.7 Å². The number of benzene rings is 2. The number of para-hydroxylation sites is 2. The Morgan fingerprint density at radius 1 is 1.00 bits per heavy atom. The fourth-order valence-corrected chi connectivity index (χ4v) is 2.24. The van der Waals surface area contributed by atoms with Crippen molar-refractivity contribution in [2.75, 3.05) is 17.2 Å². The van der Waals surface area contributed by atoms with E-state index in [-0.39, 0.29) is 5.91 Å². The Kier molecular flexibility index (Phi) is 5.38. The summed E-state index contributed by atoms with van der Waals surface area (Å²) in [6, 6.07) is 16.0. The quantitative estimate of drug-likeness (QED) is 0.841. The number of hydrogen-bond acceptors (Lipinski definition) is 2. The van der Waals surface area contributed by atoms with E-state index in [1.165, 1.54) is 5.56 Å². The van der Waals surface area contributed by atoms with Crippen LogP contribution in [0.15, 0.2) is 48.5 Å². The first-order chi connectivity index (χ1) is 10.2. The van der Waals surface area contributed by atoms with Gasteiger partial charge in [0.2, 0.25) is 5.91 Å². The Morgan fingerprint density at radius 3 is 2.38 bits per heavy atom. The molecule has 0 aliphatic rings. The summed E-state index contributed by atoms with van der Waals surface area (Å²) < 4.78 is 0. The van der Waals surface area contributed by atoms with Gasteiger partial charge >= 0.3 is 0 Å². The molecule has 0 aromatic heterocycles. The number of anilines is 2. The van der Waals surface area contributed by atoms with E-state index in [0.717, 1.165) is 23.4 Å². The molecule has 2 aromatic carbocycles. The summed E-state index contributed by atoms with van der Waals surface area (Å²) in [5.74, 6) is 0.0331. The lowest BCUT2D eigenvalue weighted by Gasteiger charge is -2.11. The van der Waals surface area contributed by atoms with Gasteiger partial charge in [-0.3, -0.25) is 4.79 Å². The molecule has 2 N–H and O–H groups in total. The summed E-state index contributed by atoms with van der Waals surface area (Å²) in [4.78, 5) is 12.0. The van der Waals surface area contributed by atoms with E-state index in [9.17, 15) is 4.79 Å². The maximum absolute atomic E-state index is 12.0. The predicted octanol–water partition coefficient (Wildman–Crippen LogP) is 4.00. The summed E-state index contributed by atoms with van der Waals surface area (Å²) in [6.07, 6.45) is 1.44. The van der Waals surface area contributed by atoms with Crippen LogP contribution in [0.2, 0.25) is 0 Å². The molecule has 0 spiro atoms. The number of carbonyl (C=O) groups is 1. The molecule has 3 nitrogen and oxygen atoms in total. The summed E-state index contributed by atoms with van der Waals surface area (Å²) >= 11 is 0. The van der Waals surface area contributed by atoms with Gasteiger partial charge in [0.1, 0.15) is 0 Å². The Labute approximate surface area is 126 Å². The number of aryl methyl sites for hydroxylation is 2. The molecule has 0 unspecified atom stereocenters. The van der Waals surface area contributed by atoms with Gasteiger partial charge in [-0.1, -0.05) is 43.3 Å². The third kappa shape index (κ3) is 4.35. The second kappa shape index (κ2) is 7.48. The first-order valence-corrected chi connectivity index (χ1v) is 7.38. The smallest absolute Gasteiger partial charge is 0.226 e. The van der Waals surface area contributed by atoms with Crippen LogP contribution in [0.3, 0.4) is 0 Å². The first kappa shape index (κ1) is 15.1. The molecule has 0 atom stereocenters. The summed E-state index contributed by atoms with van der Waals surface area (Å²) in [6.45, 7) is 4.76. The van der Waals surface area contributed by atoms with Gasteiger partial charge < -0.3 is 10.6 Å². The topological polar surface area (TPSA) is 41.1 Å². The molecule has 0 aliphatic carbocycles. The monoisotopic (exact) mass is 282 g/mol. The second-order valence-corrected chi connectivity index (χ2v) is 5.05. The molecule has 0 radical (unpaired) electrons. The van der Waals surface area contributed by atoms with Crippen molar-refractivity contribution in [3.63, 3.8) is 0 Å². The van der Waals surface area contributed by atoms with E-state index in [1.54, 1.807) is 0 Å². The van der Waals surface area contributed by atoms with Crippen molar-refractivity contribution < 1.29 is 4.79 Å². The minimum Gasteiger partial charge on any atom is -0.384 e. The number of rotatable bonds is 6. The molecule has 0 saturated carbocycles. The van der Waals surface area contributed by atoms with Gasteiger partial charge in [0.25, 0.3) is 0 Å². The molecule has 0 bridgehead atoms. The van der Waals surface area contributed by atoms with Crippen LogP contribution < -0.4 is 10.6 Å². The molecule has 3 heteroatoms. The number of nitrogens with one attached hydrogen (secondary N) is 2. The van der Waals surface area contributed by atoms with E-state index in [1.807, 2.05) is 43.3 Å². The largest absolute Gasteiger partial charge is 0.384 e. The molecule has 0 fully saturated rings. The number of hydrogen-bond donors (Lipinski definition) is 2. The number of carbonyl (C=O) groups excluding carboxylic acids is 1. The van der Waals surface area contributed by atoms with E-state index in [4.69, 9.17) is 0 Å². The van der Waals surface area contributed by atoms with Crippen LogP contribution in [0.25, 0.3) is 0 Å². The highest BCUT2D eigenvalue weighted by Gasteiger charge is 2.05. The van der Waals surface area contributed by atoms with Crippen LogP contribution in [0.4, 0.5) is 11.4 Å². The zero-order valence-electron chi connectivity index (χ0n) is 12.6. The lowest BCUT2D eigenvalue weighted by atomic mass is 10.1. The first-order valence-electron chi connectivity index (χ1n) is 7.38. The predicted molar refractivity (Wildman–Crippen MR) is 88.7 cm³/mol. The molecule has 0 heterocycles. The van der Waals surface area contributed by atoms with Gasteiger partial charge in [-0.25, -0.2) is 0 Å². The molecular weight excluding hydrogens is 260 g/mol. The van der Waals surface area contributed by atoms with Crippen LogP contribution in [0.1, 0.15) is 24.5 Å². The van der Waals surface area contributed by atoms with Gasteiger partial charge in [0.15, 0.2) is 0 Å². The lowest BCUT2D eigenvalue weighted by Crippen LogP contribution is -2.17. The van der Waals surface area contributed by atoms with E-state index < -0.39 is 0 Å². The van der Waals surface area contributed by atoms with Crippen LogP contribution in [-0.2, 0) is 11.2 Å². The Morgan fingerprint density at radius 2 is 1.67 bits per heavy atom. The third-order valence-electron chi connectivity index (χ3n) is 3.48. The highest BCUT2D eigenvalue weighted by Crippen LogP contribution is 2.16. The molecule has 110 valence electrons. The summed E-state index contributed by atoms with van der Waals surface area (Å²) in [5.41, 5.74) is 4.35. The highest BCUT2D eigenvalue weighted by molar-refractivity contribution is 5.91. The maximum Gasteiger partial charge on any atom is 0.226 e. The molecular formula is C18H22N2O. The average Bonchev–Trinajstić information content (AvgIpc) is 2.50. The summed E-state index contributed by atoms with van der Waals surface area (Å²) in [5, 5.41) is 6.28. The van der Waals surface area contributed by atoms with Gasteiger partial charge in [0.05, 0.1) is 0 Å². The van der Waals surface area contributed by atoms with Crippen molar-refractivity contribution in [1.29, 1.82) is 0 Å². The standard InChI is InChI=1S/C18H22N2O/c1-3-15-9-5-7-11-17(15)19-13-12-18(21)20-16-10-6-4-8-14(16)2/h4-11,19H,3,12-13H2,1-2H3,(H,20,21). The molecule has 0 aliphatic heterocycles. The average molecular weight is 282 g/mol. The number of amides is 1. The Balaban J connectivity index is 1.83. The van der Waals surface area contributed by atoms with Crippen LogP contribution >= 0.6 is 0 Å². The maximum atomic E-state index is 12.0. The highest BCUT2D eigenvalue weighted by atomic mass is 16.1.